The lowest BCUT2D eigenvalue weighted by Gasteiger charge is -2.09. The zero-order chi connectivity index (χ0) is 8.53. The van der Waals surface area contributed by atoms with Crippen LogP contribution < -0.4 is 0 Å². The maximum Gasteiger partial charge on any atom is 0.154 e. The molecule has 0 spiro atoms. The predicted octanol–water partition coefficient (Wildman–Crippen LogP) is 2.09. The molecule has 0 amide bonds. The minimum absolute atomic E-state index is 0.438. The normalized spacial score (nSPS) is 12.9. The number of hydrogen-bond acceptors (Lipinski definition) is 2. The summed E-state index contributed by atoms with van der Waals surface area (Å²) in [6.07, 6.45) is 5.15. The SMILES string of the molecule is C=CCOC(O)CCCCC. The molecule has 0 aromatic carbocycles. The first-order chi connectivity index (χ1) is 5.31. The first kappa shape index (κ1) is 10.7. The van der Waals surface area contributed by atoms with E-state index in [2.05, 4.69) is 13.5 Å². The van der Waals surface area contributed by atoms with Crippen molar-refractivity contribution >= 4 is 0 Å². The van der Waals surface area contributed by atoms with Crippen molar-refractivity contribution in [1.82, 2.24) is 0 Å². The molecule has 66 valence electrons. The van der Waals surface area contributed by atoms with E-state index < -0.39 is 6.29 Å². The second-order valence-corrected chi connectivity index (χ2v) is 2.57. The molecule has 0 aromatic heterocycles. The Morgan fingerprint density at radius 1 is 1.55 bits per heavy atom. The van der Waals surface area contributed by atoms with Crippen LogP contribution in [0, 0.1) is 0 Å². The quantitative estimate of drug-likeness (QED) is 0.349. The van der Waals surface area contributed by atoms with E-state index >= 15 is 0 Å². The number of ether oxygens (including phenoxy) is 1. The van der Waals surface area contributed by atoms with Gasteiger partial charge in [-0.2, -0.15) is 0 Å². The van der Waals surface area contributed by atoms with Crippen LogP contribution in [0.4, 0.5) is 0 Å². The summed E-state index contributed by atoms with van der Waals surface area (Å²) in [5.41, 5.74) is 0. The molecule has 2 heteroatoms. The molecule has 2 nitrogen and oxygen atoms in total. The van der Waals surface area contributed by atoms with Crippen LogP contribution in [0.5, 0.6) is 0 Å². The molecule has 1 atom stereocenters. The lowest BCUT2D eigenvalue weighted by atomic mass is 10.2. The highest BCUT2D eigenvalue weighted by molar-refractivity contribution is 4.64. The molecule has 0 aromatic rings. The Kier molecular flexibility index (Phi) is 7.52. The Morgan fingerprint density at radius 3 is 2.82 bits per heavy atom. The third-order valence-corrected chi connectivity index (χ3v) is 1.46. The van der Waals surface area contributed by atoms with Crippen LogP contribution in [-0.2, 0) is 4.74 Å². The van der Waals surface area contributed by atoms with Crippen LogP contribution in [0.15, 0.2) is 12.7 Å². The van der Waals surface area contributed by atoms with Crippen molar-refractivity contribution in [3.63, 3.8) is 0 Å². The molecule has 1 N–H and O–H groups in total. The van der Waals surface area contributed by atoms with Gasteiger partial charge in [0.25, 0.3) is 0 Å². The zero-order valence-electron chi connectivity index (χ0n) is 7.25. The van der Waals surface area contributed by atoms with E-state index in [1.165, 1.54) is 6.42 Å². The molecule has 0 rings (SSSR count). The summed E-state index contributed by atoms with van der Waals surface area (Å²) >= 11 is 0. The highest BCUT2D eigenvalue weighted by atomic mass is 16.6. The highest BCUT2D eigenvalue weighted by Gasteiger charge is 2.00. The Labute approximate surface area is 68.9 Å². The fourth-order valence-electron chi connectivity index (χ4n) is 0.831. The van der Waals surface area contributed by atoms with Crippen LogP contribution in [0.1, 0.15) is 32.6 Å². The minimum Gasteiger partial charge on any atom is -0.368 e. The standard InChI is InChI=1S/C9H18O2/c1-3-5-6-7-9(10)11-8-4-2/h4,9-10H,2-3,5-8H2,1H3. The van der Waals surface area contributed by atoms with E-state index in [1.54, 1.807) is 6.08 Å². The van der Waals surface area contributed by atoms with Crippen molar-refractivity contribution in [2.45, 2.75) is 38.9 Å². The second-order valence-electron chi connectivity index (χ2n) is 2.57. The lowest BCUT2D eigenvalue weighted by molar-refractivity contribution is -0.0937. The van der Waals surface area contributed by atoms with Crippen LogP contribution in [0.3, 0.4) is 0 Å². The fourth-order valence-corrected chi connectivity index (χ4v) is 0.831. The Hall–Kier alpha value is -0.340. The summed E-state index contributed by atoms with van der Waals surface area (Å²) in [5, 5.41) is 9.14. The molecule has 0 heterocycles. The van der Waals surface area contributed by atoms with Crippen LogP contribution in [-0.4, -0.2) is 18.0 Å². The monoisotopic (exact) mass is 158 g/mol. The van der Waals surface area contributed by atoms with Crippen molar-refractivity contribution in [3.05, 3.63) is 12.7 Å². The Balaban J connectivity index is 3.08. The Bertz CT molecular complexity index is 91.6. The van der Waals surface area contributed by atoms with Gasteiger partial charge >= 0.3 is 0 Å². The van der Waals surface area contributed by atoms with Gasteiger partial charge in [-0.3, -0.25) is 0 Å². The van der Waals surface area contributed by atoms with Gasteiger partial charge in [-0.15, -0.1) is 6.58 Å². The fraction of sp³-hybridized carbons (Fsp3) is 0.778. The van der Waals surface area contributed by atoms with Crippen LogP contribution in [0.25, 0.3) is 0 Å². The average molecular weight is 158 g/mol. The smallest absolute Gasteiger partial charge is 0.154 e. The number of unbranched alkanes of at least 4 members (excludes halogenated alkanes) is 2. The summed E-state index contributed by atoms with van der Waals surface area (Å²) in [6, 6.07) is 0. The largest absolute Gasteiger partial charge is 0.368 e. The van der Waals surface area contributed by atoms with Gasteiger partial charge in [0.2, 0.25) is 0 Å². The third kappa shape index (κ3) is 7.56. The third-order valence-electron chi connectivity index (χ3n) is 1.46. The van der Waals surface area contributed by atoms with Crippen molar-refractivity contribution < 1.29 is 9.84 Å². The molecule has 0 saturated carbocycles. The van der Waals surface area contributed by atoms with Gasteiger partial charge in [0, 0.05) is 0 Å². The van der Waals surface area contributed by atoms with Gasteiger partial charge in [0.1, 0.15) is 0 Å². The number of aliphatic hydroxyl groups is 1. The van der Waals surface area contributed by atoms with E-state index in [0.717, 1.165) is 19.3 Å². The van der Waals surface area contributed by atoms with Crippen molar-refractivity contribution in [1.29, 1.82) is 0 Å². The zero-order valence-corrected chi connectivity index (χ0v) is 7.25. The molecule has 0 bridgehead atoms. The molecular formula is C9H18O2. The number of rotatable bonds is 7. The highest BCUT2D eigenvalue weighted by Crippen LogP contribution is 2.03. The predicted molar refractivity (Wildman–Crippen MR) is 46.3 cm³/mol. The molecule has 0 fully saturated rings. The number of aliphatic hydroxyl groups excluding tert-OH is 1. The minimum atomic E-state index is -0.598. The molecule has 0 aliphatic carbocycles. The van der Waals surface area contributed by atoms with E-state index in [0.29, 0.717) is 6.61 Å². The van der Waals surface area contributed by atoms with Crippen molar-refractivity contribution in [2.75, 3.05) is 6.61 Å². The molecule has 0 radical (unpaired) electrons. The van der Waals surface area contributed by atoms with Gasteiger partial charge in [-0.1, -0.05) is 25.8 Å². The van der Waals surface area contributed by atoms with E-state index in [1.807, 2.05) is 0 Å². The van der Waals surface area contributed by atoms with Gasteiger partial charge < -0.3 is 9.84 Å². The van der Waals surface area contributed by atoms with Crippen LogP contribution in [0.2, 0.25) is 0 Å². The first-order valence-corrected chi connectivity index (χ1v) is 4.21. The van der Waals surface area contributed by atoms with Crippen LogP contribution >= 0.6 is 0 Å². The summed E-state index contributed by atoms with van der Waals surface area (Å²) in [6.45, 7) is 6.07. The maximum absolute atomic E-state index is 9.14. The Morgan fingerprint density at radius 2 is 2.27 bits per heavy atom. The molecule has 0 aliphatic heterocycles. The molecule has 11 heavy (non-hydrogen) atoms. The lowest BCUT2D eigenvalue weighted by Crippen LogP contribution is -2.11. The van der Waals surface area contributed by atoms with E-state index in [4.69, 9.17) is 9.84 Å². The average Bonchev–Trinajstić information content (AvgIpc) is 2.01. The molecular weight excluding hydrogens is 140 g/mol. The summed E-state index contributed by atoms with van der Waals surface area (Å²) in [7, 11) is 0. The van der Waals surface area contributed by atoms with Gasteiger partial charge in [0.15, 0.2) is 6.29 Å². The van der Waals surface area contributed by atoms with Crippen molar-refractivity contribution in [3.8, 4) is 0 Å². The topological polar surface area (TPSA) is 29.5 Å². The summed E-state index contributed by atoms with van der Waals surface area (Å²) in [4.78, 5) is 0. The molecule has 0 aliphatic rings. The van der Waals surface area contributed by atoms with Crippen molar-refractivity contribution in [2.24, 2.45) is 0 Å². The van der Waals surface area contributed by atoms with E-state index in [-0.39, 0.29) is 0 Å². The molecule has 1 unspecified atom stereocenters. The summed E-state index contributed by atoms with van der Waals surface area (Å²) in [5.74, 6) is 0. The molecule has 0 saturated heterocycles. The summed E-state index contributed by atoms with van der Waals surface area (Å²) < 4.78 is 4.98. The van der Waals surface area contributed by atoms with Gasteiger partial charge in [-0.05, 0) is 12.8 Å². The van der Waals surface area contributed by atoms with Gasteiger partial charge in [-0.25, -0.2) is 0 Å². The first-order valence-electron chi connectivity index (χ1n) is 4.21. The number of hydrogen-bond donors (Lipinski definition) is 1. The second kappa shape index (κ2) is 7.76. The maximum atomic E-state index is 9.14. The van der Waals surface area contributed by atoms with E-state index in [9.17, 15) is 0 Å². The van der Waals surface area contributed by atoms with Gasteiger partial charge in [0.05, 0.1) is 6.61 Å².